The highest BCUT2D eigenvalue weighted by molar-refractivity contribution is 6.03. The van der Waals surface area contributed by atoms with E-state index in [0.717, 1.165) is 18.7 Å². The number of hydrogen-bond donors (Lipinski definition) is 2. The van der Waals surface area contributed by atoms with Crippen LogP contribution < -0.4 is 10.6 Å². The molecule has 0 fully saturated rings. The summed E-state index contributed by atoms with van der Waals surface area (Å²) < 4.78 is 1.61. The van der Waals surface area contributed by atoms with Crippen molar-refractivity contribution in [1.29, 1.82) is 0 Å². The Bertz CT molecular complexity index is 589. The van der Waals surface area contributed by atoms with E-state index in [0.29, 0.717) is 11.6 Å². The Balaban J connectivity index is 1.97. The molecule has 21 heavy (non-hydrogen) atoms. The van der Waals surface area contributed by atoms with Gasteiger partial charge in [-0.05, 0) is 37.6 Å². The number of nitrogens with one attached hydrogen (secondary N) is 2. The van der Waals surface area contributed by atoms with E-state index in [1.54, 1.807) is 24.1 Å². The van der Waals surface area contributed by atoms with Crippen molar-refractivity contribution in [3.8, 4) is 0 Å². The van der Waals surface area contributed by atoms with Crippen LogP contribution in [0.15, 0.2) is 36.7 Å². The van der Waals surface area contributed by atoms with Crippen LogP contribution in [-0.4, -0.2) is 22.2 Å². The Labute approximate surface area is 125 Å². The first-order valence-corrected chi connectivity index (χ1v) is 7.23. The molecule has 1 heterocycles. The molecule has 0 saturated heterocycles. The fourth-order valence-electron chi connectivity index (χ4n) is 2.08. The first-order valence-electron chi connectivity index (χ1n) is 7.23. The minimum atomic E-state index is -0.145. The van der Waals surface area contributed by atoms with E-state index in [9.17, 15) is 4.79 Å². The summed E-state index contributed by atoms with van der Waals surface area (Å²) in [6.45, 7) is 5.29. The molecule has 0 aliphatic rings. The van der Waals surface area contributed by atoms with Gasteiger partial charge in [-0.3, -0.25) is 9.48 Å². The molecule has 2 aromatic rings. The predicted octanol–water partition coefficient (Wildman–Crippen LogP) is 2.73. The number of anilines is 1. The van der Waals surface area contributed by atoms with Crippen molar-refractivity contribution in [2.75, 3.05) is 11.9 Å². The summed E-state index contributed by atoms with van der Waals surface area (Å²) in [5.41, 5.74) is 2.55. The van der Waals surface area contributed by atoms with Crippen LogP contribution in [0.5, 0.6) is 0 Å². The van der Waals surface area contributed by atoms with Crippen molar-refractivity contribution in [3.63, 3.8) is 0 Å². The van der Waals surface area contributed by atoms with Gasteiger partial charge in [0.2, 0.25) is 0 Å². The average Bonchev–Trinajstić information content (AvgIpc) is 2.92. The molecule has 1 atom stereocenters. The van der Waals surface area contributed by atoms with Gasteiger partial charge < -0.3 is 10.6 Å². The summed E-state index contributed by atoms with van der Waals surface area (Å²) in [4.78, 5) is 12.0. The van der Waals surface area contributed by atoms with Crippen molar-refractivity contribution >= 4 is 11.6 Å². The van der Waals surface area contributed by atoms with E-state index < -0.39 is 0 Å². The number of aromatic nitrogens is 2. The van der Waals surface area contributed by atoms with Crippen LogP contribution in [0.3, 0.4) is 0 Å². The fourth-order valence-corrected chi connectivity index (χ4v) is 2.08. The van der Waals surface area contributed by atoms with Crippen molar-refractivity contribution < 1.29 is 4.79 Å². The van der Waals surface area contributed by atoms with Crippen LogP contribution in [0.25, 0.3) is 0 Å². The summed E-state index contributed by atoms with van der Waals surface area (Å²) in [6.07, 6.45) is 4.37. The Morgan fingerprint density at radius 2 is 2.05 bits per heavy atom. The van der Waals surface area contributed by atoms with Gasteiger partial charge in [0.05, 0.1) is 11.8 Å². The van der Waals surface area contributed by atoms with Gasteiger partial charge in [-0.2, -0.15) is 5.10 Å². The molecule has 1 aromatic carbocycles. The average molecular weight is 286 g/mol. The van der Waals surface area contributed by atoms with Crippen LogP contribution in [0.4, 0.5) is 5.69 Å². The van der Waals surface area contributed by atoms with E-state index in [-0.39, 0.29) is 5.91 Å². The second-order valence-corrected chi connectivity index (χ2v) is 5.15. The fraction of sp³-hybridized carbons (Fsp3) is 0.375. The second-order valence-electron chi connectivity index (χ2n) is 5.15. The van der Waals surface area contributed by atoms with Crippen molar-refractivity contribution in [2.24, 2.45) is 7.05 Å². The third-order valence-electron chi connectivity index (χ3n) is 3.34. The quantitative estimate of drug-likeness (QED) is 0.858. The molecule has 2 N–H and O–H groups in total. The van der Waals surface area contributed by atoms with Crippen molar-refractivity contribution in [3.05, 3.63) is 47.8 Å². The van der Waals surface area contributed by atoms with Crippen LogP contribution in [0.2, 0.25) is 0 Å². The van der Waals surface area contributed by atoms with Crippen LogP contribution in [0, 0.1) is 0 Å². The molecule has 1 unspecified atom stereocenters. The van der Waals surface area contributed by atoms with Gasteiger partial charge in [0.1, 0.15) is 0 Å². The number of rotatable bonds is 6. The summed E-state index contributed by atoms with van der Waals surface area (Å²) in [5.74, 6) is -0.145. The Morgan fingerprint density at radius 3 is 2.62 bits per heavy atom. The van der Waals surface area contributed by atoms with Crippen LogP contribution in [0.1, 0.15) is 42.2 Å². The lowest BCUT2D eigenvalue weighted by atomic mass is 10.1. The van der Waals surface area contributed by atoms with Gasteiger partial charge in [-0.1, -0.05) is 19.1 Å². The molecule has 0 aliphatic carbocycles. The minimum Gasteiger partial charge on any atom is -0.322 e. The monoisotopic (exact) mass is 286 g/mol. The maximum absolute atomic E-state index is 12.0. The van der Waals surface area contributed by atoms with Crippen LogP contribution >= 0.6 is 0 Å². The van der Waals surface area contributed by atoms with Gasteiger partial charge in [0.25, 0.3) is 5.91 Å². The number of hydrogen-bond acceptors (Lipinski definition) is 3. The zero-order chi connectivity index (χ0) is 15.2. The topological polar surface area (TPSA) is 58.9 Å². The zero-order valence-corrected chi connectivity index (χ0v) is 12.8. The second kappa shape index (κ2) is 7.04. The van der Waals surface area contributed by atoms with E-state index in [1.807, 2.05) is 24.3 Å². The molecule has 0 bridgehead atoms. The third kappa shape index (κ3) is 4.16. The highest BCUT2D eigenvalue weighted by Gasteiger charge is 2.09. The summed E-state index contributed by atoms with van der Waals surface area (Å²) in [7, 11) is 1.79. The molecule has 1 aromatic heterocycles. The van der Waals surface area contributed by atoms with E-state index in [4.69, 9.17) is 0 Å². The van der Waals surface area contributed by atoms with Gasteiger partial charge in [-0.25, -0.2) is 0 Å². The number of carbonyl (C=O) groups excluding carboxylic acids is 1. The Kier molecular flexibility index (Phi) is 5.11. The molecule has 112 valence electrons. The zero-order valence-electron chi connectivity index (χ0n) is 12.8. The SMILES string of the molecule is CCCNC(C)c1ccc(NC(=O)c2cnn(C)c2)cc1. The van der Waals surface area contributed by atoms with Crippen LogP contribution in [-0.2, 0) is 7.05 Å². The lowest BCUT2D eigenvalue weighted by Gasteiger charge is -2.14. The smallest absolute Gasteiger partial charge is 0.258 e. The minimum absolute atomic E-state index is 0.145. The molecule has 0 aliphatic heterocycles. The Morgan fingerprint density at radius 1 is 1.33 bits per heavy atom. The third-order valence-corrected chi connectivity index (χ3v) is 3.34. The summed E-state index contributed by atoms with van der Waals surface area (Å²) >= 11 is 0. The van der Waals surface area contributed by atoms with E-state index in [1.165, 1.54) is 5.56 Å². The number of nitrogens with zero attached hydrogens (tertiary/aromatic N) is 2. The van der Waals surface area contributed by atoms with E-state index in [2.05, 4.69) is 29.6 Å². The molecule has 5 nitrogen and oxygen atoms in total. The maximum atomic E-state index is 12.0. The lowest BCUT2D eigenvalue weighted by molar-refractivity contribution is 0.102. The molecule has 0 radical (unpaired) electrons. The number of benzene rings is 1. The van der Waals surface area contributed by atoms with Crippen molar-refractivity contribution in [1.82, 2.24) is 15.1 Å². The number of carbonyl (C=O) groups is 1. The first kappa shape index (κ1) is 15.3. The molecular weight excluding hydrogens is 264 g/mol. The molecular formula is C16H22N4O. The maximum Gasteiger partial charge on any atom is 0.258 e. The Hall–Kier alpha value is -2.14. The summed E-state index contributed by atoms with van der Waals surface area (Å²) in [6, 6.07) is 8.23. The van der Waals surface area contributed by atoms with Gasteiger partial charge in [0, 0.05) is 25.0 Å². The number of amides is 1. The largest absolute Gasteiger partial charge is 0.322 e. The molecule has 5 heteroatoms. The normalized spacial score (nSPS) is 12.1. The van der Waals surface area contributed by atoms with Gasteiger partial charge >= 0.3 is 0 Å². The molecule has 0 saturated carbocycles. The summed E-state index contributed by atoms with van der Waals surface area (Å²) in [5, 5.41) is 10.3. The highest BCUT2D eigenvalue weighted by Crippen LogP contribution is 2.16. The first-order chi connectivity index (χ1) is 10.1. The molecule has 2 rings (SSSR count). The van der Waals surface area contributed by atoms with Gasteiger partial charge in [-0.15, -0.1) is 0 Å². The van der Waals surface area contributed by atoms with E-state index >= 15 is 0 Å². The molecule has 1 amide bonds. The number of aryl methyl sites for hydroxylation is 1. The molecule has 0 spiro atoms. The van der Waals surface area contributed by atoms with Crippen molar-refractivity contribution in [2.45, 2.75) is 26.3 Å². The highest BCUT2D eigenvalue weighted by atomic mass is 16.1. The standard InChI is InChI=1S/C16H22N4O/c1-4-9-17-12(2)13-5-7-15(8-6-13)19-16(21)14-10-18-20(3)11-14/h5-8,10-12,17H,4,9H2,1-3H3,(H,19,21). The lowest BCUT2D eigenvalue weighted by Crippen LogP contribution is -2.19. The van der Waals surface area contributed by atoms with Gasteiger partial charge in [0.15, 0.2) is 0 Å². The predicted molar refractivity (Wildman–Crippen MR) is 84.3 cm³/mol.